The second-order valence-corrected chi connectivity index (χ2v) is 5.32. The van der Waals surface area contributed by atoms with Gasteiger partial charge >= 0.3 is 0 Å². The number of nitrogens with zero attached hydrogens (tertiary/aromatic N) is 1. The van der Waals surface area contributed by atoms with Crippen molar-refractivity contribution in [1.82, 2.24) is 0 Å². The summed E-state index contributed by atoms with van der Waals surface area (Å²) >= 11 is 5.86. The van der Waals surface area contributed by atoms with Crippen molar-refractivity contribution in [3.05, 3.63) is 16.9 Å². The number of anilines is 3. The number of benzene rings is 1. The quantitative estimate of drug-likeness (QED) is 0.839. The second-order valence-electron chi connectivity index (χ2n) is 4.94. The van der Waals surface area contributed by atoms with Crippen LogP contribution in [0.4, 0.5) is 21.5 Å². The monoisotopic (exact) mass is 287 g/mol. The van der Waals surface area contributed by atoms with Gasteiger partial charge in [-0.1, -0.05) is 11.6 Å². The van der Waals surface area contributed by atoms with E-state index in [0.717, 1.165) is 25.9 Å². The van der Waals surface area contributed by atoms with Crippen molar-refractivity contribution in [1.29, 1.82) is 0 Å². The Hall–Kier alpha value is -1.20. The lowest BCUT2D eigenvalue weighted by Crippen LogP contribution is -2.38. The van der Waals surface area contributed by atoms with Gasteiger partial charge in [0, 0.05) is 20.2 Å². The summed E-state index contributed by atoms with van der Waals surface area (Å²) < 4.78 is 19.4. The van der Waals surface area contributed by atoms with Crippen molar-refractivity contribution in [2.75, 3.05) is 43.2 Å². The van der Waals surface area contributed by atoms with Gasteiger partial charge in [-0.05, 0) is 24.8 Å². The van der Waals surface area contributed by atoms with Gasteiger partial charge in [0.25, 0.3) is 0 Å². The first-order valence-corrected chi connectivity index (χ1v) is 6.69. The molecule has 1 aromatic carbocycles. The van der Waals surface area contributed by atoms with Crippen LogP contribution in [-0.4, -0.2) is 26.8 Å². The van der Waals surface area contributed by atoms with Crippen molar-refractivity contribution in [2.24, 2.45) is 5.92 Å². The second kappa shape index (κ2) is 5.84. The first kappa shape index (κ1) is 14.2. The number of ether oxygens (including phenoxy) is 1. The van der Waals surface area contributed by atoms with Crippen molar-refractivity contribution in [3.8, 4) is 0 Å². The highest BCUT2D eigenvalue weighted by Crippen LogP contribution is 2.37. The summed E-state index contributed by atoms with van der Waals surface area (Å²) in [4.78, 5) is 1.93. The third kappa shape index (κ3) is 2.87. The number of methoxy groups -OCH3 is 1. The molecule has 0 saturated carbocycles. The van der Waals surface area contributed by atoms with Crippen LogP contribution in [0.15, 0.2) is 6.07 Å². The van der Waals surface area contributed by atoms with E-state index in [2.05, 4.69) is 0 Å². The summed E-state index contributed by atoms with van der Waals surface area (Å²) in [6.45, 7) is 2.15. The van der Waals surface area contributed by atoms with Crippen LogP contribution in [0.3, 0.4) is 0 Å². The fraction of sp³-hybridized carbons (Fsp3) is 0.538. The van der Waals surface area contributed by atoms with E-state index in [9.17, 15) is 4.39 Å². The van der Waals surface area contributed by atoms with Crippen LogP contribution in [0.25, 0.3) is 0 Å². The Morgan fingerprint density at radius 2 is 2.21 bits per heavy atom. The molecular weight excluding hydrogens is 269 g/mol. The Morgan fingerprint density at radius 3 is 2.89 bits per heavy atom. The van der Waals surface area contributed by atoms with E-state index in [1.807, 2.05) is 4.90 Å². The third-order valence-electron chi connectivity index (χ3n) is 3.48. The molecule has 1 aromatic rings. The molecule has 0 amide bonds. The minimum atomic E-state index is -0.530. The van der Waals surface area contributed by atoms with Gasteiger partial charge in [-0.2, -0.15) is 0 Å². The van der Waals surface area contributed by atoms with Crippen LogP contribution >= 0.6 is 11.6 Å². The number of hydrogen-bond donors (Lipinski definition) is 2. The average Bonchev–Trinajstić information content (AvgIpc) is 2.37. The van der Waals surface area contributed by atoms with Crippen LogP contribution in [0.2, 0.25) is 5.02 Å². The smallest absolute Gasteiger partial charge is 0.169 e. The number of hydrogen-bond acceptors (Lipinski definition) is 4. The number of nitrogens with two attached hydrogens (primary N) is 2. The Balaban J connectivity index is 2.28. The molecule has 0 spiro atoms. The van der Waals surface area contributed by atoms with E-state index in [-0.39, 0.29) is 10.7 Å². The Kier molecular flexibility index (Phi) is 4.37. The number of halogens is 2. The van der Waals surface area contributed by atoms with E-state index < -0.39 is 5.82 Å². The molecule has 1 heterocycles. The molecule has 6 heteroatoms. The summed E-state index contributed by atoms with van der Waals surface area (Å²) in [6.07, 6.45) is 2.06. The Bertz CT molecular complexity index is 468. The van der Waals surface area contributed by atoms with Gasteiger partial charge in [-0.15, -0.1) is 0 Å². The van der Waals surface area contributed by atoms with Crippen LogP contribution in [0, 0.1) is 11.7 Å². The van der Waals surface area contributed by atoms with Crippen LogP contribution in [0.1, 0.15) is 12.8 Å². The molecule has 4 nitrogen and oxygen atoms in total. The summed E-state index contributed by atoms with van der Waals surface area (Å²) in [7, 11) is 1.67. The maximum absolute atomic E-state index is 14.3. The summed E-state index contributed by atoms with van der Waals surface area (Å²) in [5.74, 6) is -0.147. The molecule has 1 atom stereocenters. The Morgan fingerprint density at radius 1 is 1.47 bits per heavy atom. The summed E-state index contributed by atoms with van der Waals surface area (Å²) in [5, 5.41) is -0.0573. The molecule has 1 fully saturated rings. The van der Waals surface area contributed by atoms with Gasteiger partial charge in [-0.3, -0.25) is 0 Å². The molecule has 1 aliphatic heterocycles. The van der Waals surface area contributed by atoms with Gasteiger partial charge in [0.15, 0.2) is 5.82 Å². The standard InChI is InChI=1S/C13H19ClFN3O/c1-19-7-8-3-2-4-18(6-8)13-10(17)5-9(16)11(14)12(13)15/h5,8H,2-4,6-7,16-17H2,1H3. The summed E-state index contributed by atoms with van der Waals surface area (Å²) in [6, 6.07) is 1.51. The molecule has 1 aliphatic rings. The van der Waals surface area contributed by atoms with Gasteiger partial charge in [0.1, 0.15) is 5.02 Å². The molecule has 19 heavy (non-hydrogen) atoms. The predicted octanol–water partition coefficient (Wildman–Crippen LogP) is 2.51. The Labute approximate surface area is 117 Å². The maximum atomic E-state index is 14.3. The van der Waals surface area contributed by atoms with Crippen molar-refractivity contribution >= 4 is 28.7 Å². The topological polar surface area (TPSA) is 64.5 Å². The van der Waals surface area contributed by atoms with Crippen LogP contribution in [0.5, 0.6) is 0 Å². The molecule has 0 bridgehead atoms. The fourth-order valence-corrected chi connectivity index (χ4v) is 2.76. The van der Waals surface area contributed by atoms with E-state index in [1.54, 1.807) is 7.11 Å². The van der Waals surface area contributed by atoms with Gasteiger partial charge in [0.05, 0.1) is 23.7 Å². The molecule has 0 radical (unpaired) electrons. The lowest BCUT2D eigenvalue weighted by atomic mass is 9.98. The maximum Gasteiger partial charge on any atom is 0.169 e. The molecule has 106 valence electrons. The van der Waals surface area contributed by atoms with Crippen molar-refractivity contribution in [2.45, 2.75) is 12.8 Å². The van der Waals surface area contributed by atoms with E-state index in [0.29, 0.717) is 23.9 Å². The highest BCUT2D eigenvalue weighted by Gasteiger charge is 2.25. The summed E-state index contributed by atoms with van der Waals surface area (Å²) in [5.41, 5.74) is 12.4. The number of rotatable bonds is 3. The largest absolute Gasteiger partial charge is 0.397 e. The average molecular weight is 288 g/mol. The van der Waals surface area contributed by atoms with Crippen molar-refractivity contribution < 1.29 is 9.13 Å². The zero-order valence-corrected chi connectivity index (χ0v) is 11.7. The zero-order chi connectivity index (χ0) is 14.0. The third-order valence-corrected chi connectivity index (χ3v) is 3.86. The molecule has 4 N–H and O–H groups in total. The van der Waals surface area contributed by atoms with Gasteiger partial charge in [0.2, 0.25) is 0 Å². The van der Waals surface area contributed by atoms with E-state index in [1.165, 1.54) is 6.07 Å². The van der Waals surface area contributed by atoms with Gasteiger partial charge in [-0.25, -0.2) is 4.39 Å². The molecule has 1 unspecified atom stereocenters. The van der Waals surface area contributed by atoms with Gasteiger partial charge < -0.3 is 21.1 Å². The molecule has 1 saturated heterocycles. The molecule has 2 rings (SSSR count). The normalized spacial score (nSPS) is 19.7. The fourth-order valence-electron chi connectivity index (χ4n) is 2.62. The SMILES string of the molecule is COCC1CCCN(c2c(N)cc(N)c(Cl)c2F)C1. The van der Waals surface area contributed by atoms with Crippen LogP contribution < -0.4 is 16.4 Å². The lowest BCUT2D eigenvalue weighted by molar-refractivity contribution is 0.143. The molecular formula is C13H19ClFN3O. The van der Waals surface area contributed by atoms with E-state index >= 15 is 0 Å². The van der Waals surface area contributed by atoms with Crippen molar-refractivity contribution in [3.63, 3.8) is 0 Å². The first-order valence-electron chi connectivity index (χ1n) is 6.31. The highest BCUT2D eigenvalue weighted by atomic mass is 35.5. The van der Waals surface area contributed by atoms with Crippen LogP contribution in [-0.2, 0) is 4.74 Å². The molecule has 0 aromatic heterocycles. The molecule has 0 aliphatic carbocycles. The minimum Gasteiger partial charge on any atom is -0.397 e. The highest BCUT2D eigenvalue weighted by molar-refractivity contribution is 6.33. The predicted molar refractivity (Wildman–Crippen MR) is 77.0 cm³/mol. The minimum absolute atomic E-state index is 0.0573. The first-order chi connectivity index (χ1) is 9.04. The number of nitrogen functional groups attached to an aromatic ring is 2. The number of piperidine rings is 1. The van der Waals surface area contributed by atoms with E-state index in [4.69, 9.17) is 27.8 Å². The lowest BCUT2D eigenvalue weighted by Gasteiger charge is -2.35. The zero-order valence-electron chi connectivity index (χ0n) is 11.0.